The monoisotopic (exact) mass is 357 g/mol. The minimum absolute atomic E-state index is 0.0301. The van der Waals surface area contributed by atoms with Gasteiger partial charge in [-0.15, -0.1) is 0 Å². The molecule has 0 spiro atoms. The fraction of sp³-hybridized carbons (Fsp3) is 0.368. The highest BCUT2D eigenvalue weighted by Gasteiger charge is 2.28. The van der Waals surface area contributed by atoms with Gasteiger partial charge in [-0.2, -0.15) is 4.98 Å². The number of oxazole rings is 1. The summed E-state index contributed by atoms with van der Waals surface area (Å²) in [5.41, 5.74) is 2.95. The Kier molecular flexibility index (Phi) is 4.25. The Morgan fingerprint density at radius 3 is 2.88 bits per heavy atom. The Balaban J connectivity index is 1.66. The van der Waals surface area contributed by atoms with Gasteiger partial charge in [0.25, 0.3) is 11.3 Å². The van der Waals surface area contributed by atoms with Crippen molar-refractivity contribution in [2.24, 2.45) is 7.05 Å². The fourth-order valence-electron chi connectivity index (χ4n) is 3.61. The molecule has 6 heteroatoms. The zero-order valence-electron chi connectivity index (χ0n) is 14.1. The number of amides is 1. The smallest absolute Gasteiger partial charge is 0.293 e. The third kappa shape index (κ3) is 3.16. The number of hydrogen-bond acceptors (Lipinski definition) is 3. The zero-order chi connectivity index (χ0) is 17.4. The Bertz CT molecular complexity index is 908. The summed E-state index contributed by atoms with van der Waals surface area (Å²) in [5, 5.41) is 0.0936. The molecule has 1 aliphatic carbocycles. The Hall–Kier alpha value is -2.27. The molecule has 1 fully saturated rings. The summed E-state index contributed by atoms with van der Waals surface area (Å²) in [6, 6.07) is 9.69. The van der Waals surface area contributed by atoms with Gasteiger partial charge in [0.15, 0.2) is 5.58 Å². The summed E-state index contributed by atoms with van der Waals surface area (Å²) in [6.07, 6.45) is 6.49. The predicted octanol–water partition coefficient (Wildman–Crippen LogP) is 4.40. The maximum atomic E-state index is 13.2. The highest BCUT2D eigenvalue weighted by molar-refractivity contribution is 6.28. The third-order valence-electron chi connectivity index (χ3n) is 5.02. The van der Waals surface area contributed by atoms with Crippen molar-refractivity contribution in [1.82, 2.24) is 14.5 Å². The molecule has 0 atom stereocenters. The molecule has 2 heterocycles. The van der Waals surface area contributed by atoms with Crippen LogP contribution in [0.2, 0.25) is 5.35 Å². The van der Waals surface area contributed by atoms with E-state index in [2.05, 4.69) is 15.6 Å². The number of fused-ring (bicyclic) bond motifs is 1. The number of carbonyl (C=O) groups is 1. The van der Waals surface area contributed by atoms with Crippen LogP contribution in [-0.4, -0.2) is 26.4 Å². The normalized spacial score (nSPS) is 15.1. The predicted molar refractivity (Wildman–Crippen MR) is 96.6 cm³/mol. The summed E-state index contributed by atoms with van der Waals surface area (Å²) in [6.45, 7) is 0.613. The van der Waals surface area contributed by atoms with Crippen LogP contribution in [0.3, 0.4) is 0 Å². The van der Waals surface area contributed by atoms with Crippen molar-refractivity contribution in [3.05, 3.63) is 53.1 Å². The van der Waals surface area contributed by atoms with Gasteiger partial charge in [-0.05, 0) is 54.8 Å². The van der Waals surface area contributed by atoms with E-state index in [-0.39, 0.29) is 17.3 Å². The van der Waals surface area contributed by atoms with Crippen molar-refractivity contribution >= 4 is 28.6 Å². The molecular formula is C19H20ClN3O2. The summed E-state index contributed by atoms with van der Waals surface area (Å²) in [4.78, 5) is 19.3. The molecule has 0 unspecified atom stereocenters. The van der Waals surface area contributed by atoms with Gasteiger partial charge in [0.05, 0.1) is 6.54 Å². The molecule has 0 saturated heterocycles. The molecule has 1 amide bonds. The lowest BCUT2D eigenvalue weighted by molar-refractivity contribution is 0.0660. The first-order valence-corrected chi connectivity index (χ1v) is 8.97. The highest BCUT2D eigenvalue weighted by Crippen LogP contribution is 2.28. The Morgan fingerprint density at radius 2 is 2.16 bits per heavy atom. The van der Waals surface area contributed by atoms with Crippen LogP contribution < -0.4 is 0 Å². The molecular weight excluding hydrogens is 338 g/mol. The lowest BCUT2D eigenvalue weighted by Gasteiger charge is -2.29. The van der Waals surface area contributed by atoms with Crippen LogP contribution in [0, 0.1) is 0 Å². The lowest BCUT2D eigenvalue weighted by Crippen LogP contribution is -2.38. The molecule has 1 aliphatic rings. The fourth-order valence-corrected chi connectivity index (χ4v) is 3.79. The molecule has 0 bridgehead atoms. The van der Waals surface area contributed by atoms with E-state index >= 15 is 0 Å². The van der Waals surface area contributed by atoms with Crippen molar-refractivity contribution in [2.45, 2.75) is 38.3 Å². The van der Waals surface area contributed by atoms with Crippen molar-refractivity contribution in [2.75, 3.05) is 0 Å². The largest absolute Gasteiger partial charge is 0.428 e. The molecule has 0 radical (unpaired) electrons. The van der Waals surface area contributed by atoms with Crippen molar-refractivity contribution in [1.29, 1.82) is 0 Å². The first-order chi connectivity index (χ1) is 12.1. The van der Waals surface area contributed by atoms with E-state index < -0.39 is 0 Å². The van der Waals surface area contributed by atoms with Crippen LogP contribution in [0.4, 0.5) is 0 Å². The van der Waals surface area contributed by atoms with Crippen LogP contribution >= 0.6 is 11.6 Å². The average molecular weight is 358 g/mol. The molecule has 0 aliphatic heterocycles. The summed E-state index contributed by atoms with van der Waals surface area (Å²) in [7, 11) is 2.01. The number of nitrogens with zero attached hydrogens (tertiary/aromatic N) is 3. The van der Waals surface area contributed by atoms with Crippen LogP contribution in [0.15, 0.2) is 40.9 Å². The topological polar surface area (TPSA) is 51.3 Å². The van der Waals surface area contributed by atoms with Crippen LogP contribution in [0.1, 0.15) is 41.7 Å². The minimum atomic E-state index is 0.0301. The first kappa shape index (κ1) is 16.2. The second-order valence-corrected chi connectivity index (χ2v) is 6.95. The minimum Gasteiger partial charge on any atom is -0.428 e. The van der Waals surface area contributed by atoms with Crippen LogP contribution in [0.25, 0.3) is 11.1 Å². The SMILES string of the molecule is Cn1cccc1CN(C(=O)c1ccc2nc(Cl)oc2c1)C1CCCC1. The van der Waals surface area contributed by atoms with E-state index in [9.17, 15) is 4.79 Å². The molecule has 4 rings (SSSR count). The Morgan fingerprint density at radius 1 is 1.36 bits per heavy atom. The van der Waals surface area contributed by atoms with E-state index in [1.807, 2.05) is 24.2 Å². The number of carbonyl (C=O) groups excluding carboxylic acids is 1. The molecule has 0 N–H and O–H groups in total. The van der Waals surface area contributed by atoms with Gasteiger partial charge in [0.1, 0.15) is 5.52 Å². The van der Waals surface area contributed by atoms with Gasteiger partial charge in [0, 0.05) is 30.5 Å². The summed E-state index contributed by atoms with van der Waals surface area (Å²) < 4.78 is 7.43. The molecule has 1 aromatic carbocycles. The zero-order valence-corrected chi connectivity index (χ0v) is 14.9. The van der Waals surface area contributed by atoms with E-state index in [1.165, 1.54) is 12.8 Å². The van der Waals surface area contributed by atoms with Gasteiger partial charge in [0.2, 0.25) is 0 Å². The van der Waals surface area contributed by atoms with E-state index in [0.29, 0.717) is 23.2 Å². The van der Waals surface area contributed by atoms with Gasteiger partial charge < -0.3 is 13.9 Å². The lowest BCUT2D eigenvalue weighted by atomic mass is 10.1. The van der Waals surface area contributed by atoms with Crippen molar-refractivity contribution in [3.8, 4) is 0 Å². The van der Waals surface area contributed by atoms with Gasteiger partial charge in [-0.3, -0.25) is 4.79 Å². The molecule has 130 valence electrons. The van der Waals surface area contributed by atoms with E-state index in [4.69, 9.17) is 16.0 Å². The first-order valence-electron chi connectivity index (χ1n) is 8.59. The van der Waals surface area contributed by atoms with Gasteiger partial charge >= 0.3 is 0 Å². The third-order valence-corrected chi connectivity index (χ3v) is 5.18. The van der Waals surface area contributed by atoms with Crippen LogP contribution in [0.5, 0.6) is 0 Å². The average Bonchev–Trinajstić information content (AvgIpc) is 3.32. The van der Waals surface area contributed by atoms with Crippen molar-refractivity contribution in [3.63, 3.8) is 0 Å². The molecule has 5 nitrogen and oxygen atoms in total. The number of halogens is 1. The molecule has 1 saturated carbocycles. The molecule has 3 aromatic rings. The maximum absolute atomic E-state index is 13.2. The number of aromatic nitrogens is 2. The van der Waals surface area contributed by atoms with E-state index in [1.54, 1.807) is 18.2 Å². The second kappa shape index (κ2) is 6.56. The van der Waals surface area contributed by atoms with Gasteiger partial charge in [-0.25, -0.2) is 0 Å². The summed E-state index contributed by atoms with van der Waals surface area (Å²) in [5.74, 6) is 0.0301. The van der Waals surface area contributed by atoms with Crippen LogP contribution in [-0.2, 0) is 13.6 Å². The second-order valence-electron chi connectivity index (χ2n) is 6.63. The number of aryl methyl sites for hydroxylation is 1. The van der Waals surface area contributed by atoms with E-state index in [0.717, 1.165) is 18.5 Å². The Labute approximate surface area is 151 Å². The number of rotatable bonds is 4. The quantitative estimate of drug-likeness (QED) is 0.695. The molecule has 25 heavy (non-hydrogen) atoms. The maximum Gasteiger partial charge on any atom is 0.293 e. The molecule has 2 aromatic heterocycles. The summed E-state index contributed by atoms with van der Waals surface area (Å²) >= 11 is 5.82. The standard InChI is InChI=1S/C19H20ClN3O2/c1-22-10-4-7-15(22)12-23(14-5-2-3-6-14)18(24)13-8-9-16-17(11-13)25-19(20)21-16/h4,7-11,14H,2-3,5-6,12H2,1H3. The number of benzene rings is 1. The highest BCUT2D eigenvalue weighted by atomic mass is 35.5. The van der Waals surface area contributed by atoms with Gasteiger partial charge in [-0.1, -0.05) is 12.8 Å². The van der Waals surface area contributed by atoms with Crippen molar-refractivity contribution < 1.29 is 9.21 Å². The number of hydrogen-bond donors (Lipinski definition) is 0.